The molecule has 0 saturated heterocycles. The van der Waals surface area contributed by atoms with Gasteiger partial charge in [0.15, 0.2) is 4.88 Å². The molecule has 1 aromatic heterocycles. The van der Waals surface area contributed by atoms with Gasteiger partial charge in [-0.05, 0) is 19.1 Å². The summed E-state index contributed by atoms with van der Waals surface area (Å²) in [5.74, 6) is -1.89. The molecule has 2 aromatic carbocycles. The first kappa shape index (κ1) is 27.6. The Labute approximate surface area is 208 Å². The van der Waals surface area contributed by atoms with Gasteiger partial charge in [0.25, 0.3) is 5.69 Å². The second kappa shape index (κ2) is 10.5. The molecule has 0 aliphatic rings. The maximum absolute atomic E-state index is 13.4. The van der Waals surface area contributed by atoms with Gasteiger partial charge in [-0.1, -0.05) is 18.2 Å². The van der Waals surface area contributed by atoms with Crippen LogP contribution in [-0.4, -0.2) is 24.4 Å². The van der Waals surface area contributed by atoms with Crippen LogP contribution in [0.3, 0.4) is 0 Å². The van der Waals surface area contributed by atoms with Crippen molar-refractivity contribution in [1.29, 1.82) is 0 Å². The van der Waals surface area contributed by atoms with Crippen LogP contribution in [0.15, 0.2) is 48.5 Å². The van der Waals surface area contributed by atoms with Gasteiger partial charge in [-0.3, -0.25) is 10.1 Å². The zero-order chi connectivity index (χ0) is 27.5. The molecule has 3 rings (SSSR count). The Bertz CT molecular complexity index is 1310. The van der Waals surface area contributed by atoms with Crippen LogP contribution in [0.2, 0.25) is 0 Å². The third kappa shape index (κ3) is 6.81. The summed E-state index contributed by atoms with van der Waals surface area (Å²) >= 11 is 0.655. The number of nitrogens with one attached hydrogen (secondary N) is 1. The van der Waals surface area contributed by atoms with Gasteiger partial charge in [0, 0.05) is 23.8 Å². The number of carbonyl (C=O) groups excluding carboxylic acids is 1. The van der Waals surface area contributed by atoms with Crippen molar-refractivity contribution < 1.29 is 50.3 Å². The number of esters is 1. The summed E-state index contributed by atoms with van der Waals surface area (Å²) in [6.07, 6.45) is -10.9. The van der Waals surface area contributed by atoms with E-state index < -0.39 is 52.2 Å². The van der Waals surface area contributed by atoms with Gasteiger partial charge >= 0.3 is 18.5 Å². The number of nitro benzene ring substituents is 1. The Hall–Kier alpha value is -4.01. The molecular formula is C22H16F6N2O6S. The molecule has 0 amide bonds. The van der Waals surface area contributed by atoms with Gasteiger partial charge in [0.05, 0.1) is 22.6 Å². The SMILES string of the molecule is COC(=O)c1sc(Nc2cc(OC(F)(F)F)ccc2[N+](=O)[O-])cc1O[C@H](C)c1ccccc1C(F)(F)F. The van der Waals surface area contributed by atoms with Gasteiger partial charge in [-0.2, -0.15) is 13.2 Å². The molecular weight excluding hydrogens is 534 g/mol. The fourth-order valence-electron chi connectivity index (χ4n) is 3.23. The molecule has 0 fully saturated rings. The van der Waals surface area contributed by atoms with Crippen LogP contribution >= 0.6 is 11.3 Å². The van der Waals surface area contributed by atoms with Crippen molar-refractivity contribution in [1.82, 2.24) is 0 Å². The lowest BCUT2D eigenvalue weighted by atomic mass is 10.0. The Balaban J connectivity index is 1.98. The van der Waals surface area contributed by atoms with Crippen LogP contribution in [0, 0.1) is 10.1 Å². The van der Waals surface area contributed by atoms with Crippen LogP contribution < -0.4 is 14.8 Å². The number of hydrogen-bond donors (Lipinski definition) is 1. The van der Waals surface area contributed by atoms with E-state index in [2.05, 4.69) is 14.8 Å². The Kier molecular flexibility index (Phi) is 7.86. The molecule has 1 heterocycles. The lowest BCUT2D eigenvalue weighted by Crippen LogP contribution is -2.17. The lowest BCUT2D eigenvalue weighted by molar-refractivity contribution is -0.384. The summed E-state index contributed by atoms with van der Waals surface area (Å²) in [7, 11) is 1.05. The van der Waals surface area contributed by atoms with E-state index in [1.54, 1.807) is 0 Å². The third-order valence-electron chi connectivity index (χ3n) is 4.73. The van der Waals surface area contributed by atoms with E-state index in [1.165, 1.54) is 25.1 Å². The molecule has 15 heteroatoms. The van der Waals surface area contributed by atoms with Crippen LogP contribution in [0.25, 0.3) is 0 Å². The Morgan fingerprint density at radius 3 is 2.35 bits per heavy atom. The summed E-state index contributed by atoms with van der Waals surface area (Å²) in [6.45, 7) is 1.32. The smallest absolute Gasteiger partial charge is 0.484 e. The number of halogens is 6. The molecule has 0 radical (unpaired) electrons. The number of benzene rings is 2. The molecule has 37 heavy (non-hydrogen) atoms. The minimum atomic E-state index is -5.06. The van der Waals surface area contributed by atoms with Gasteiger partial charge in [-0.25, -0.2) is 4.79 Å². The summed E-state index contributed by atoms with van der Waals surface area (Å²) in [6, 6.07) is 8.07. The molecule has 0 aliphatic heterocycles. The number of anilines is 2. The zero-order valence-electron chi connectivity index (χ0n) is 18.8. The number of nitro groups is 1. The van der Waals surface area contributed by atoms with Crippen LogP contribution in [0.5, 0.6) is 11.5 Å². The molecule has 0 aliphatic carbocycles. The van der Waals surface area contributed by atoms with Crippen molar-refractivity contribution >= 4 is 33.7 Å². The normalized spacial score (nSPS) is 12.5. The minimum Gasteiger partial charge on any atom is -0.484 e. The highest BCUT2D eigenvalue weighted by Gasteiger charge is 2.35. The predicted molar refractivity (Wildman–Crippen MR) is 119 cm³/mol. The van der Waals surface area contributed by atoms with Gasteiger partial charge in [-0.15, -0.1) is 24.5 Å². The number of thiophene rings is 1. The molecule has 0 spiro atoms. The van der Waals surface area contributed by atoms with Gasteiger partial charge in [0.2, 0.25) is 0 Å². The highest BCUT2D eigenvalue weighted by atomic mass is 32.1. The van der Waals surface area contributed by atoms with Crippen LogP contribution in [-0.2, 0) is 10.9 Å². The molecule has 1 N–H and O–H groups in total. The second-order valence-corrected chi connectivity index (χ2v) is 8.30. The molecule has 198 valence electrons. The molecule has 0 saturated carbocycles. The number of nitrogens with zero attached hydrogens (tertiary/aromatic N) is 1. The van der Waals surface area contributed by atoms with Gasteiger partial charge in [0.1, 0.15) is 23.3 Å². The largest absolute Gasteiger partial charge is 0.573 e. The molecule has 0 unspecified atom stereocenters. The first-order chi connectivity index (χ1) is 17.2. The predicted octanol–water partition coefficient (Wildman–Crippen LogP) is 7.24. The fraction of sp³-hybridized carbons (Fsp3) is 0.227. The van der Waals surface area contributed by atoms with E-state index in [9.17, 15) is 41.3 Å². The molecule has 0 bridgehead atoms. The van der Waals surface area contributed by atoms with Crippen molar-refractivity contribution in [3.05, 3.63) is 74.6 Å². The fourth-order valence-corrected chi connectivity index (χ4v) is 4.15. The van der Waals surface area contributed by atoms with Crippen LogP contribution in [0.4, 0.5) is 42.7 Å². The Morgan fingerprint density at radius 2 is 1.76 bits per heavy atom. The van der Waals surface area contributed by atoms with Crippen molar-refractivity contribution in [3.63, 3.8) is 0 Å². The van der Waals surface area contributed by atoms with Crippen molar-refractivity contribution in [2.75, 3.05) is 12.4 Å². The van der Waals surface area contributed by atoms with E-state index in [0.717, 1.165) is 37.4 Å². The number of ether oxygens (including phenoxy) is 3. The lowest BCUT2D eigenvalue weighted by Gasteiger charge is -2.19. The highest BCUT2D eigenvalue weighted by Crippen LogP contribution is 2.42. The van der Waals surface area contributed by atoms with E-state index in [4.69, 9.17) is 4.74 Å². The first-order valence-electron chi connectivity index (χ1n) is 10.1. The number of carbonyl (C=O) groups is 1. The van der Waals surface area contributed by atoms with E-state index in [1.807, 2.05) is 0 Å². The minimum absolute atomic E-state index is 0.0148. The standard InChI is InChI=1S/C22H16F6N2O6S/c1-11(13-5-3-4-6-14(13)21(23,24)25)35-17-10-18(37-19(17)20(31)34-2)29-15-9-12(36-22(26,27)28)7-8-16(15)30(32)33/h3-11,29H,1-2H3/t11-/m1/s1. The van der Waals surface area contributed by atoms with E-state index in [-0.39, 0.29) is 21.2 Å². The van der Waals surface area contributed by atoms with Crippen molar-refractivity contribution in [2.24, 2.45) is 0 Å². The highest BCUT2D eigenvalue weighted by molar-refractivity contribution is 7.18. The third-order valence-corrected chi connectivity index (χ3v) is 5.74. The maximum atomic E-state index is 13.4. The average molecular weight is 550 g/mol. The van der Waals surface area contributed by atoms with Crippen molar-refractivity contribution in [2.45, 2.75) is 25.6 Å². The summed E-state index contributed by atoms with van der Waals surface area (Å²) in [5.41, 5.74) is -2.20. The molecule has 8 nitrogen and oxygen atoms in total. The number of alkyl halides is 6. The number of methoxy groups -OCH3 is 1. The zero-order valence-corrected chi connectivity index (χ0v) is 19.6. The monoisotopic (exact) mass is 550 g/mol. The number of rotatable bonds is 8. The van der Waals surface area contributed by atoms with E-state index >= 15 is 0 Å². The first-order valence-corrected chi connectivity index (χ1v) is 10.9. The van der Waals surface area contributed by atoms with Crippen molar-refractivity contribution in [3.8, 4) is 11.5 Å². The Morgan fingerprint density at radius 1 is 1.08 bits per heavy atom. The summed E-state index contributed by atoms with van der Waals surface area (Å²) in [5, 5.41) is 13.9. The molecule has 1 atom stereocenters. The number of hydrogen-bond acceptors (Lipinski definition) is 8. The quantitative estimate of drug-likeness (QED) is 0.137. The second-order valence-electron chi connectivity index (χ2n) is 7.25. The average Bonchev–Trinajstić information content (AvgIpc) is 3.18. The molecule has 3 aromatic rings. The summed E-state index contributed by atoms with van der Waals surface area (Å²) in [4.78, 5) is 22.6. The maximum Gasteiger partial charge on any atom is 0.573 e. The van der Waals surface area contributed by atoms with Gasteiger partial charge < -0.3 is 19.5 Å². The topological polar surface area (TPSA) is 99.9 Å². The van der Waals surface area contributed by atoms with E-state index in [0.29, 0.717) is 11.3 Å². The van der Waals surface area contributed by atoms with Crippen LogP contribution in [0.1, 0.15) is 33.8 Å². The summed E-state index contributed by atoms with van der Waals surface area (Å²) < 4.78 is 92.1.